The van der Waals surface area contributed by atoms with Gasteiger partial charge >= 0.3 is 0 Å². The summed E-state index contributed by atoms with van der Waals surface area (Å²) in [5.41, 5.74) is 5.40. The maximum Gasteiger partial charge on any atom is 0.160 e. The number of anilines is 1. The highest BCUT2D eigenvalue weighted by molar-refractivity contribution is 5.70. The number of fused-ring (bicyclic) bond motifs is 1. The van der Waals surface area contributed by atoms with E-state index < -0.39 is 0 Å². The van der Waals surface area contributed by atoms with Crippen LogP contribution < -0.4 is 5.32 Å². The largest absolute Gasteiger partial charge is 0.370 e. The Bertz CT molecular complexity index is 789. The van der Waals surface area contributed by atoms with Gasteiger partial charge in [0, 0.05) is 23.7 Å². The van der Waals surface area contributed by atoms with E-state index in [0.717, 1.165) is 35.7 Å². The van der Waals surface area contributed by atoms with Crippen LogP contribution in [0.15, 0.2) is 36.5 Å². The van der Waals surface area contributed by atoms with E-state index in [4.69, 9.17) is 4.98 Å². The zero-order chi connectivity index (χ0) is 15.5. The normalized spacial score (nSPS) is 11.0. The zero-order valence-corrected chi connectivity index (χ0v) is 13.4. The Morgan fingerprint density at radius 3 is 2.73 bits per heavy atom. The Hall–Kier alpha value is -2.36. The molecule has 1 N–H and O–H groups in total. The smallest absolute Gasteiger partial charge is 0.160 e. The lowest BCUT2D eigenvalue weighted by Crippen LogP contribution is -2.08. The van der Waals surface area contributed by atoms with Crippen molar-refractivity contribution in [1.29, 1.82) is 0 Å². The number of unbranched alkanes of at least 4 members (excludes halogenated alkanes) is 1. The molecule has 0 aliphatic heterocycles. The van der Waals surface area contributed by atoms with Crippen LogP contribution >= 0.6 is 0 Å². The van der Waals surface area contributed by atoms with Crippen molar-refractivity contribution in [2.75, 3.05) is 11.9 Å². The minimum Gasteiger partial charge on any atom is -0.370 e. The molecule has 0 saturated carbocycles. The molecule has 3 aromatic rings. The predicted molar refractivity (Wildman–Crippen MR) is 91.3 cm³/mol. The molecule has 2 aromatic heterocycles. The lowest BCUT2D eigenvalue weighted by Gasteiger charge is -2.12. The number of nitrogens with zero attached hydrogens (tertiary/aromatic N) is 3. The molecule has 3 rings (SSSR count). The quantitative estimate of drug-likeness (QED) is 0.716. The van der Waals surface area contributed by atoms with E-state index in [0.29, 0.717) is 0 Å². The molecule has 0 atom stereocenters. The lowest BCUT2D eigenvalue weighted by atomic mass is 10.1. The second-order valence-corrected chi connectivity index (χ2v) is 5.68. The van der Waals surface area contributed by atoms with Crippen LogP contribution in [0.25, 0.3) is 16.9 Å². The Morgan fingerprint density at radius 2 is 1.95 bits per heavy atom. The van der Waals surface area contributed by atoms with Gasteiger partial charge < -0.3 is 5.32 Å². The van der Waals surface area contributed by atoms with Crippen LogP contribution in [0.4, 0.5) is 5.82 Å². The Morgan fingerprint density at radius 1 is 1.14 bits per heavy atom. The molecule has 0 radical (unpaired) electrons. The maximum absolute atomic E-state index is 4.82. The molecule has 22 heavy (non-hydrogen) atoms. The summed E-state index contributed by atoms with van der Waals surface area (Å²) in [6, 6.07) is 10.4. The van der Waals surface area contributed by atoms with E-state index in [9.17, 15) is 0 Å². The summed E-state index contributed by atoms with van der Waals surface area (Å²) in [5.74, 6) is 1.00. The molecule has 4 heteroatoms. The van der Waals surface area contributed by atoms with Crippen molar-refractivity contribution < 1.29 is 0 Å². The Balaban J connectivity index is 2.11. The minimum absolute atomic E-state index is 0.916. The fourth-order valence-corrected chi connectivity index (χ4v) is 2.59. The molecule has 0 spiro atoms. The minimum atomic E-state index is 0.916. The summed E-state index contributed by atoms with van der Waals surface area (Å²) < 4.78 is 1.90. The van der Waals surface area contributed by atoms with Crippen LogP contribution in [0.3, 0.4) is 0 Å². The standard InChI is InChI=1S/C18H22N4/c1-4-5-10-19-17-11-16(15-9-7-6-8-13(15)2)21-18-14(3)12-20-22(17)18/h6-9,11-12,19H,4-5,10H2,1-3H3. The van der Waals surface area contributed by atoms with Crippen molar-refractivity contribution in [3.05, 3.63) is 47.7 Å². The number of hydrogen-bond acceptors (Lipinski definition) is 3. The van der Waals surface area contributed by atoms with Gasteiger partial charge in [0.05, 0.1) is 11.9 Å². The summed E-state index contributed by atoms with van der Waals surface area (Å²) in [4.78, 5) is 4.82. The molecular formula is C18H22N4. The highest BCUT2D eigenvalue weighted by atomic mass is 15.3. The second kappa shape index (κ2) is 6.18. The molecule has 4 nitrogen and oxygen atoms in total. The van der Waals surface area contributed by atoms with Gasteiger partial charge in [0.1, 0.15) is 5.82 Å². The van der Waals surface area contributed by atoms with Gasteiger partial charge in [-0.2, -0.15) is 9.61 Å². The van der Waals surface area contributed by atoms with E-state index in [1.165, 1.54) is 17.5 Å². The van der Waals surface area contributed by atoms with Gasteiger partial charge in [-0.05, 0) is 25.8 Å². The molecule has 0 aliphatic rings. The van der Waals surface area contributed by atoms with Gasteiger partial charge in [0.2, 0.25) is 0 Å². The first-order chi connectivity index (χ1) is 10.7. The van der Waals surface area contributed by atoms with Crippen LogP contribution in [-0.4, -0.2) is 21.1 Å². The first-order valence-corrected chi connectivity index (χ1v) is 7.86. The predicted octanol–water partition coefficient (Wildman–Crippen LogP) is 4.23. The number of nitrogens with one attached hydrogen (secondary N) is 1. The first kappa shape index (κ1) is 14.6. The molecule has 0 fully saturated rings. The average molecular weight is 294 g/mol. The van der Waals surface area contributed by atoms with Gasteiger partial charge in [-0.25, -0.2) is 4.98 Å². The van der Waals surface area contributed by atoms with Gasteiger partial charge in [0.15, 0.2) is 5.65 Å². The number of rotatable bonds is 5. The molecular weight excluding hydrogens is 272 g/mol. The molecule has 0 bridgehead atoms. The van der Waals surface area contributed by atoms with Crippen LogP contribution in [0.2, 0.25) is 0 Å². The fraction of sp³-hybridized carbons (Fsp3) is 0.333. The van der Waals surface area contributed by atoms with E-state index in [1.807, 2.05) is 17.6 Å². The van der Waals surface area contributed by atoms with Gasteiger partial charge in [-0.1, -0.05) is 37.6 Å². The zero-order valence-electron chi connectivity index (χ0n) is 13.4. The third-order valence-electron chi connectivity index (χ3n) is 3.91. The lowest BCUT2D eigenvalue weighted by molar-refractivity contribution is 0.820. The van der Waals surface area contributed by atoms with E-state index in [1.54, 1.807) is 0 Å². The van der Waals surface area contributed by atoms with Crippen LogP contribution in [-0.2, 0) is 0 Å². The van der Waals surface area contributed by atoms with Crippen LogP contribution in [0.5, 0.6) is 0 Å². The Labute approximate surface area is 131 Å². The van der Waals surface area contributed by atoms with Gasteiger partial charge in [0.25, 0.3) is 0 Å². The summed E-state index contributed by atoms with van der Waals surface area (Å²) >= 11 is 0. The van der Waals surface area contributed by atoms with Crippen molar-refractivity contribution >= 4 is 11.5 Å². The van der Waals surface area contributed by atoms with Gasteiger partial charge in [-0.15, -0.1) is 0 Å². The van der Waals surface area contributed by atoms with Crippen molar-refractivity contribution in [2.45, 2.75) is 33.6 Å². The highest BCUT2D eigenvalue weighted by Gasteiger charge is 2.11. The van der Waals surface area contributed by atoms with Crippen LogP contribution in [0.1, 0.15) is 30.9 Å². The Kier molecular flexibility index (Phi) is 4.09. The summed E-state index contributed by atoms with van der Waals surface area (Å²) in [6.07, 6.45) is 4.18. The summed E-state index contributed by atoms with van der Waals surface area (Å²) in [5, 5.41) is 7.94. The molecule has 0 unspecified atom stereocenters. The second-order valence-electron chi connectivity index (χ2n) is 5.68. The molecule has 0 saturated heterocycles. The van der Waals surface area contributed by atoms with Crippen molar-refractivity contribution in [1.82, 2.24) is 14.6 Å². The topological polar surface area (TPSA) is 42.2 Å². The van der Waals surface area contributed by atoms with Crippen molar-refractivity contribution in [3.8, 4) is 11.3 Å². The first-order valence-electron chi connectivity index (χ1n) is 7.86. The van der Waals surface area contributed by atoms with E-state index in [2.05, 4.69) is 54.6 Å². The maximum atomic E-state index is 4.82. The number of benzene rings is 1. The SMILES string of the molecule is CCCCNc1cc(-c2ccccc2C)nc2c(C)cnn12. The van der Waals surface area contributed by atoms with Crippen molar-refractivity contribution in [2.24, 2.45) is 0 Å². The monoisotopic (exact) mass is 294 g/mol. The van der Waals surface area contributed by atoms with Crippen LogP contribution in [0, 0.1) is 13.8 Å². The molecule has 2 heterocycles. The van der Waals surface area contributed by atoms with Gasteiger partial charge in [-0.3, -0.25) is 0 Å². The number of aromatic nitrogens is 3. The third-order valence-corrected chi connectivity index (χ3v) is 3.91. The van der Waals surface area contributed by atoms with E-state index >= 15 is 0 Å². The van der Waals surface area contributed by atoms with E-state index in [-0.39, 0.29) is 0 Å². The number of aryl methyl sites for hydroxylation is 2. The molecule has 0 amide bonds. The highest BCUT2D eigenvalue weighted by Crippen LogP contribution is 2.25. The number of hydrogen-bond donors (Lipinski definition) is 1. The summed E-state index contributed by atoms with van der Waals surface area (Å²) in [7, 11) is 0. The third kappa shape index (κ3) is 2.69. The summed E-state index contributed by atoms with van der Waals surface area (Å²) in [6.45, 7) is 7.31. The molecule has 0 aliphatic carbocycles. The molecule has 1 aromatic carbocycles. The molecule has 114 valence electrons. The average Bonchev–Trinajstić information content (AvgIpc) is 2.90. The fourth-order valence-electron chi connectivity index (χ4n) is 2.59. The van der Waals surface area contributed by atoms with Crippen molar-refractivity contribution in [3.63, 3.8) is 0 Å².